The van der Waals surface area contributed by atoms with Crippen LogP contribution in [0, 0.1) is 0 Å². The minimum absolute atomic E-state index is 0.0536. The molecule has 2 aromatic rings. The van der Waals surface area contributed by atoms with Crippen LogP contribution < -0.4 is 11.1 Å². The fourth-order valence-electron chi connectivity index (χ4n) is 1.53. The second kappa shape index (κ2) is 6.00. The predicted molar refractivity (Wildman–Crippen MR) is 74.4 cm³/mol. The van der Waals surface area contributed by atoms with Gasteiger partial charge < -0.3 is 11.1 Å². The number of carbonyl (C=O) groups is 1. The molecule has 0 fully saturated rings. The number of nitrogens with one attached hydrogen (secondary N) is 1. The van der Waals surface area contributed by atoms with Gasteiger partial charge in [0.05, 0.1) is 5.56 Å². The Bertz CT molecular complexity index is 672. The van der Waals surface area contributed by atoms with Gasteiger partial charge in [-0.2, -0.15) is 13.2 Å². The lowest BCUT2D eigenvalue weighted by molar-refractivity contribution is -0.137. The van der Waals surface area contributed by atoms with E-state index in [1.165, 1.54) is 22.8 Å². The number of amides is 1. The second-order valence-electron chi connectivity index (χ2n) is 4.01. The second-order valence-corrected chi connectivity index (χ2v) is 5.39. The third kappa shape index (κ3) is 3.93. The lowest BCUT2D eigenvalue weighted by Crippen LogP contribution is -2.14. The highest BCUT2D eigenvalue weighted by Gasteiger charge is 2.31. The molecule has 0 atom stereocenters. The molecule has 0 aliphatic rings. The number of thiazole rings is 1. The fourth-order valence-corrected chi connectivity index (χ4v) is 2.42. The first-order valence-electron chi connectivity index (χ1n) is 5.63. The first-order valence-corrected chi connectivity index (χ1v) is 6.89. The Hall–Kier alpha value is -1.64. The van der Waals surface area contributed by atoms with Gasteiger partial charge in [-0.1, -0.05) is 11.6 Å². The average Bonchev–Trinajstić information content (AvgIpc) is 2.85. The summed E-state index contributed by atoms with van der Waals surface area (Å²) in [5.74, 6) is -0.624. The van der Waals surface area contributed by atoms with Crippen molar-refractivity contribution in [2.24, 2.45) is 5.73 Å². The Morgan fingerprint density at radius 2 is 2.10 bits per heavy atom. The monoisotopic (exact) mass is 335 g/mol. The van der Waals surface area contributed by atoms with Gasteiger partial charge in [-0.05, 0) is 18.2 Å². The summed E-state index contributed by atoms with van der Waals surface area (Å²) < 4.78 is 38.0. The molecule has 2 rings (SSSR count). The molecule has 4 nitrogen and oxygen atoms in total. The summed E-state index contributed by atoms with van der Waals surface area (Å²) in [5, 5.41) is 4.24. The Morgan fingerprint density at radius 1 is 1.38 bits per heavy atom. The van der Waals surface area contributed by atoms with Crippen LogP contribution in [-0.4, -0.2) is 10.9 Å². The van der Waals surface area contributed by atoms with Crippen LogP contribution in [0.2, 0.25) is 5.02 Å². The highest BCUT2D eigenvalue weighted by atomic mass is 35.5. The SMILES string of the molecule is NCc1nc(C(=O)Nc2cc(Cl)cc(C(F)(F)F)c2)cs1. The zero-order chi connectivity index (χ0) is 15.6. The van der Waals surface area contributed by atoms with Gasteiger partial charge >= 0.3 is 6.18 Å². The molecule has 0 saturated heterocycles. The minimum atomic E-state index is -4.54. The standard InChI is InChI=1S/C12H9ClF3N3OS/c13-7-1-6(12(14,15)16)2-8(3-7)18-11(20)9-5-21-10(4-17)19-9/h1-3,5H,4,17H2,(H,18,20). The normalized spacial score (nSPS) is 11.5. The number of alkyl halides is 3. The molecule has 0 bridgehead atoms. The highest BCUT2D eigenvalue weighted by molar-refractivity contribution is 7.09. The summed E-state index contributed by atoms with van der Waals surface area (Å²) in [5.41, 5.74) is 4.48. The number of halogens is 4. The number of hydrogen-bond donors (Lipinski definition) is 2. The number of benzene rings is 1. The molecule has 112 valence electrons. The summed E-state index contributed by atoms with van der Waals surface area (Å²) >= 11 is 6.83. The summed E-state index contributed by atoms with van der Waals surface area (Å²) in [4.78, 5) is 15.8. The van der Waals surface area contributed by atoms with Crippen LogP contribution in [0.5, 0.6) is 0 Å². The van der Waals surface area contributed by atoms with Gasteiger partial charge in [-0.15, -0.1) is 11.3 Å². The Kier molecular flexibility index (Phi) is 4.50. The maximum absolute atomic E-state index is 12.7. The van der Waals surface area contributed by atoms with Crippen molar-refractivity contribution in [3.63, 3.8) is 0 Å². The van der Waals surface area contributed by atoms with Gasteiger partial charge in [0.2, 0.25) is 0 Å². The number of nitrogens with two attached hydrogens (primary N) is 1. The molecule has 0 radical (unpaired) electrons. The molecule has 0 spiro atoms. The highest BCUT2D eigenvalue weighted by Crippen LogP contribution is 2.33. The molecule has 1 aromatic carbocycles. The van der Waals surface area contributed by atoms with E-state index >= 15 is 0 Å². The number of aromatic nitrogens is 1. The van der Waals surface area contributed by atoms with Crippen molar-refractivity contribution in [1.29, 1.82) is 0 Å². The molecule has 21 heavy (non-hydrogen) atoms. The van der Waals surface area contributed by atoms with E-state index in [1.807, 2.05) is 0 Å². The van der Waals surface area contributed by atoms with Crippen LogP contribution in [0.4, 0.5) is 18.9 Å². The van der Waals surface area contributed by atoms with Crippen LogP contribution in [0.1, 0.15) is 21.1 Å². The topological polar surface area (TPSA) is 68.0 Å². The van der Waals surface area contributed by atoms with Gasteiger partial charge in [0, 0.05) is 22.6 Å². The van der Waals surface area contributed by atoms with Crippen molar-refractivity contribution < 1.29 is 18.0 Å². The van der Waals surface area contributed by atoms with Crippen molar-refractivity contribution in [3.05, 3.63) is 44.9 Å². The number of carbonyl (C=O) groups excluding carboxylic acids is 1. The first kappa shape index (κ1) is 15.7. The van der Waals surface area contributed by atoms with Gasteiger partial charge in [0.1, 0.15) is 10.7 Å². The Balaban J connectivity index is 2.23. The van der Waals surface area contributed by atoms with Crippen LogP contribution in [-0.2, 0) is 12.7 Å². The molecule has 0 aliphatic carbocycles. The fraction of sp³-hybridized carbons (Fsp3) is 0.167. The van der Waals surface area contributed by atoms with Gasteiger partial charge in [0.25, 0.3) is 5.91 Å². The van der Waals surface area contributed by atoms with E-state index in [-0.39, 0.29) is 22.9 Å². The van der Waals surface area contributed by atoms with Crippen LogP contribution in [0.15, 0.2) is 23.6 Å². The molecule has 1 aromatic heterocycles. The first-order chi connectivity index (χ1) is 9.79. The quantitative estimate of drug-likeness (QED) is 0.901. The largest absolute Gasteiger partial charge is 0.416 e. The van der Waals surface area contributed by atoms with Crippen molar-refractivity contribution in [3.8, 4) is 0 Å². The molecule has 3 N–H and O–H groups in total. The van der Waals surface area contributed by atoms with Gasteiger partial charge in [-0.25, -0.2) is 4.98 Å². The third-order valence-electron chi connectivity index (χ3n) is 2.44. The molecular weight excluding hydrogens is 327 g/mol. The van der Waals surface area contributed by atoms with Crippen molar-refractivity contribution in [2.45, 2.75) is 12.7 Å². The van der Waals surface area contributed by atoms with Crippen molar-refractivity contribution in [2.75, 3.05) is 5.32 Å². The summed E-state index contributed by atoms with van der Waals surface area (Å²) in [6, 6.07) is 2.82. The zero-order valence-corrected chi connectivity index (χ0v) is 11.9. The minimum Gasteiger partial charge on any atom is -0.325 e. The zero-order valence-electron chi connectivity index (χ0n) is 10.4. The predicted octanol–water partition coefficient (Wildman–Crippen LogP) is 3.53. The number of hydrogen-bond acceptors (Lipinski definition) is 4. The van der Waals surface area contributed by atoms with E-state index in [1.54, 1.807) is 0 Å². The summed E-state index contributed by atoms with van der Waals surface area (Å²) in [7, 11) is 0. The maximum Gasteiger partial charge on any atom is 0.416 e. The molecule has 1 heterocycles. The van der Waals surface area contributed by atoms with E-state index in [0.717, 1.165) is 12.1 Å². The van der Waals surface area contributed by atoms with Gasteiger partial charge in [0.15, 0.2) is 0 Å². The number of nitrogens with zero attached hydrogens (tertiary/aromatic N) is 1. The van der Waals surface area contributed by atoms with E-state index < -0.39 is 17.6 Å². The van der Waals surface area contributed by atoms with E-state index in [2.05, 4.69) is 10.3 Å². The van der Waals surface area contributed by atoms with Gasteiger partial charge in [-0.3, -0.25) is 4.79 Å². The smallest absolute Gasteiger partial charge is 0.325 e. The molecular formula is C12H9ClF3N3OS. The van der Waals surface area contributed by atoms with Crippen LogP contribution in [0.3, 0.4) is 0 Å². The van der Waals surface area contributed by atoms with E-state index in [9.17, 15) is 18.0 Å². The Labute approximate surface area is 126 Å². The maximum atomic E-state index is 12.7. The molecule has 0 unspecified atom stereocenters. The number of anilines is 1. The number of rotatable bonds is 3. The molecule has 0 aliphatic heterocycles. The third-order valence-corrected chi connectivity index (χ3v) is 3.53. The van der Waals surface area contributed by atoms with Crippen LogP contribution >= 0.6 is 22.9 Å². The molecule has 1 amide bonds. The van der Waals surface area contributed by atoms with Crippen LogP contribution in [0.25, 0.3) is 0 Å². The van der Waals surface area contributed by atoms with Crippen molar-refractivity contribution >= 4 is 34.5 Å². The lowest BCUT2D eigenvalue weighted by Gasteiger charge is -2.10. The molecule has 9 heteroatoms. The molecule has 0 saturated carbocycles. The van der Waals surface area contributed by atoms with E-state index in [4.69, 9.17) is 17.3 Å². The summed E-state index contributed by atoms with van der Waals surface area (Å²) in [6.07, 6.45) is -4.54. The average molecular weight is 336 g/mol. The van der Waals surface area contributed by atoms with Crippen molar-refractivity contribution in [1.82, 2.24) is 4.98 Å². The van der Waals surface area contributed by atoms with E-state index in [0.29, 0.717) is 5.01 Å². The Morgan fingerprint density at radius 3 is 2.67 bits per heavy atom. The lowest BCUT2D eigenvalue weighted by atomic mass is 10.2. The summed E-state index contributed by atoms with van der Waals surface area (Å²) in [6.45, 7) is 0.188.